The molecule has 4 rings (SSSR count). The Morgan fingerprint density at radius 3 is 2.15 bits per heavy atom. The summed E-state index contributed by atoms with van der Waals surface area (Å²) >= 11 is 0. The van der Waals surface area contributed by atoms with E-state index in [0.29, 0.717) is 0 Å². The van der Waals surface area contributed by atoms with Crippen LogP contribution in [-0.4, -0.2) is 23.9 Å². The van der Waals surface area contributed by atoms with E-state index in [1.54, 1.807) is 0 Å². The minimum absolute atomic E-state index is 0.112. The summed E-state index contributed by atoms with van der Waals surface area (Å²) < 4.78 is 0. The molecule has 0 spiro atoms. The first-order chi connectivity index (χ1) is 12.8. The van der Waals surface area contributed by atoms with E-state index in [1.165, 1.54) is 17.5 Å². The van der Waals surface area contributed by atoms with Crippen LogP contribution in [0.2, 0.25) is 0 Å². The van der Waals surface area contributed by atoms with Crippen LogP contribution in [0.4, 0.5) is 0 Å². The number of carbonyl (C=O) groups excluding carboxylic acids is 1. The molecule has 3 nitrogen and oxygen atoms in total. The van der Waals surface area contributed by atoms with Gasteiger partial charge in [0.1, 0.15) is 0 Å². The van der Waals surface area contributed by atoms with Crippen LogP contribution >= 0.6 is 0 Å². The third-order valence-electron chi connectivity index (χ3n) is 6.10. The third-order valence-corrected chi connectivity index (χ3v) is 6.10. The van der Waals surface area contributed by atoms with Crippen LogP contribution in [0.3, 0.4) is 0 Å². The molecule has 2 aliphatic rings. The quantitative estimate of drug-likeness (QED) is 0.882. The van der Waals surface area contributed by atoms with Gasteiger partial charge in [0.25, 0.3) is 0 Å². The van der Waals surface area contributed by atoms with Crippen molar-refractivity contribution < 1.29 is 4.79 Å². The molecule has 0 aromatic heterocycles. The molecule has 1 saturated carbocycles. The van der Waals surface area contributed by atoms with Gasteiger partial charge in [-0.3, -0.25) is 9.69 Å². The lowest BCUT2D eigenvalue weighted by Gasteiger charge is -2.44. The Labute approximate surface area is 156 Å². The fourth-order valence-electron chi connectivity index (χ4n) is 4.31. The number of hydrogen-bond donors (Lipinski definition) is 1. The van der Waals surface area contributed by atoms with Gasteiger partial charge < -0.3 is 5.32 Å². The summed E-state index contributed by atoms with van der Waals surface area (Å²) in [7, 11) is 0. The Morgan fingerprint density at radius 1 is 0.962 bits per heavy atom. The fourth-order valence-corrected chi connectivity index (χ4v) is 4.31. The largest absolute Gasteiger partial charge is 0.346 e. The van der Waals surface area contributed by atoms with E-state index in [2.05, 4.69) is 64.8 Å². The number of likely N-dealkylation sites (tertiary alicyclic amines) is 1. The zero-order chi connectivity index (χ0) is 17.8. The number of benzene rings is 2. The maximum absolute atomic E-state index is 12.9. The molecule has 2 aromatic rings. The molecule has 2 aromatic carbocycles. The minimum atomic E-state index is -0.112. The Hall–Kier alpha value is -2.13. The molecule has 2 fully saturated rings. The molecule has 0 atom stereocenters. The highest BCUT2D eigenvalue weighted by Crippen LogP contribution is 2.41. The molecule has 0 bridgehead atoms. The average Bonchev–Trinajstić information content (AvgIpc) is 2.67. The number of piperidine rings is 1. The van der Waals surface area contributed by atoms with E-state index in [1.807, 2.05) is 6.07 Å². The van der Waals surface area contributed by atoms with Gasteiger partial charge in [0.2, 0.25) is 5.91 Å². The topological polar surface area (TPSA) is 32.3 Å². The van der Waals surface area contributed by atoms with E-state index in [0.717, 1.165) is 45.3 Å². The molecular formula is C23H28N2O. The van der Waals surface area contributed by atoms with Crippen molar-refractivity contribution in [3.63, 3.8) is 0 Å². The smallest absolute Gasteiger partial charge is 0.223 e. The van der Waals surface area contributed by atoms with Crippen LogP contribution in [0.1, 0.15) is 43.2 Å². The van der Waals surface area contributed by atoms with Gasteiger partial charge in [-0.05, 0) is 56.3 Å². The van der Waals surface area contributed by atoms with Crippen molar-refractivity contribution in [2.24, 2.45) is 5.92 Å². The number of hydrogen-bond acceptors (Lipinski definition) is 2. The van der Waals surface area contributed by atoms with Crippen LogP contribution in [0.5, 0.6) is 0 Å². The van der Waals surface area contributed by atoms with Crippen LogP contribution < -0.4 is 5.32 Å². The normalized spacial score (nSPS) is 20.3. The summed E-state index contributed by atoms with van der Waals surface area (Å²) in [5, 5.41) is 3.42. The molecule has 1 saturated heterocycles. The molecule has 1 N–H and O–H groups in total. The summed E-state index contributed by atoms with van der Waals surface area (Å²) in [5.74, 6) is 0.413. The zero-order valence-corrected chi connectivity index (χ0v) is 15.4. The van der Waals surface area contributed by atoms with Crippen LogP contribution in [-0.2, 0) is 16.9 Å². The second-order valence-corrected chi connectivity index (χ2v) is 7.83. The van der Waals surface area contributed by atoms with Crippen molar-refractivity contribution in [3.8, 4) is 0 Å². The number of amides is 1. The lowest BCUT2D eigenvalue weighted by atomic mass is 9.71. The fraction of sp³-hybridized carbons (Fsp3) is 0.435. The molecule has 1 aliphatic heterocycles. The second kappa shape index (κ2) is 7.63. The predicted octanol–water partition coefficient (Wildman–Crippen LogP) is 4.09. The highest BCUT2D eigenvalue weighted by atomic mass is 16.2. The third kappa shape index (κ3) is 3.68. The van der Waals surface area contributed by atoms with Crippen LogP contribution in [0, 0.1) is 5.92 Å². The molecule has 1 aliphatic carbocycles. The molecule has 26 heavy (non-hydrogen) atoms. The minimum Gasteiger partial charge on any atom is -0.346 e. The van der Waals surface area contributed by atoms with Gasteiger partial charge in [0, 0.05) is 12.5 Å². The van der Waals surface area contributed by atoms with Crippen molar-refractivity contribution in [1.29, 1.82) is 0 Å². The van der Waals surface area contributed by atoms with E-state index >= 15 is 0 Å². The molecule has 0 unspecified atom stereocenters. The van der Waals surface area contributed by atoms with Crippen LogP contribution in [0.15, 0.2) is 60.7 Å². The van der Waals surface area contributed by atoms with Gasteiger partial charge in [-0.2, -0.15) is 0 Å². The first-order valence-electron chi connectivity index (χ1n) is 9.89. The SMILES string of the molecule is O=C(NC1(c2ccccc2)CCC1)C1CCN(Cc2ccccc2)CC1. The number of nitrogens with zero attached hydrogens (tertiary/aromatic N) is 1. The van der Waals surface area contributed by atoms with Crippen molar-refractivity contribution in [2.75, 3.05) is 13.1 Å². The van der Waals surface area contributed by atoms with Crippen LogP contribution in [0.25, 0.3) is 0 Å². The maximum atomic E-state index is 12.9. The van der Waals surface area contributed by atoms with E-state index < -0.39 is 0 Å². The molecule has 3 heteroatoms. The molecular weight excluding hydrogens is 320 g/mol. The number of nitrogens with one attached hydrogen (secondary N) is 1. The summed E-state index contributed by atoms with van der Waals surface area (Å²) in [6.45, 7) is 3.00. The lowest BCUT2D eigenvalue weighted by molar-refractivity contribution is -0.129. The number of rotatable bonds is 5. The average molecular weight is 348 g/mol. The van der Waals surface area contributed by atoms with E-state index in [4.69, 9.17) is 0 Å². The van der Waals surface area contributed by atoms with Gasteiger partial charge >= 0.3 is 0 Å². The van der Waals surface area contributed by atoms with Crippen molar-refractivity contribution in [3.05, 3.63) is 71.8 Å². The predicted molar refractivity (Wildman–Crippen MR) is 105 cm³/mol. The molecule has 136 valence electrons. The van der Waals surface area contributed by atoms with Gasteiger partial charge in [-0.25, -0.2) is 0 Å². The maximum Gasteiger partial charge on any atom is 0.223 e. The number of carbonyl (C=O) groups is 1. The van der Waals surface area contributed by atoms with Gasteiger partial charge in [-0.15, -0.1) is 0 Å². The first-order valence-corrected chi connectivity index (χ1v) is 9.89. The molecule has 1 heterocycles. The van der Waals surface area contributed by atoms with Gasteiger partial charge in [0.15, 0.2) is 0 Å². The Morgan fingerprint density at radius 2 is 1.58 bits per heavy atom. The summed E-state index contributed by atoms with van der Waals surface area (Å²) in [5.41, 5.74) is 2.51. The van der Waals surface area contributed by atoms with Gasteiger partial charge in [-0.1, -0.05) is 60.7 Å². The van der Waals surface area contributed by atoms with Gasteiger partial charge in [0.05, 0.1) is 5.54 Å². The highest BCUT2D eigenvalue weighted by molar-refractivity contribution is 5.80. The highest BCUT2D eigenvalue weighted by Gasteiger charge is 2.41. The van der Waals surface area contributed by atoms with E-state index in [-0.39, 0.29) is 17.4 Å². The lowest BCUT2D eigenvalue weighted by Crippen LogP contribution is -2.53. The first kappa shape index (κ1) is 17.3. The summed E-state index contributed by atoms with van der Waals surface area (Å²) in [6, 6.07) is 21.1. The van der Waals surface area contributed by atoms with Crippen molar-refractivity contribution in [2.45, 2.75) is 44.2 Å². The van der Waals surface area contributed by atoms with Crippen molar-refractivity contribution >= 4 is 5.91 Å². The molecule has 0 radical (unpaired) electrons. The zero-order valence-electron chi connectivity index (χ0n) is 15.4. The Kier molecular flexibility index (Phi) is 5.07. The standard InChI is InChI=1S/C23H28N2O/c26-22(24-23(14-7-15-23)21-10-5-2-6-11-21)20-12-16-25(17-13-20)18-19-8-3-1-4-9-19/h1-6,8-11,20H,7,12-18H2,(H,24,26). The second-order valence-electron chi connectivity index (χ2n) is 7.83. The monoisotopic (exact) mass is 348 g/mol. The van der Waals surface area contributed by atoms with Crippen molar-refractivity contribution in [1.82, 2.24) is 10.2 Å². The van der Waals surface area contributed by atoms with E-state index in [9.17, 15) is 4.79 Å². The molecule has 1 amide bonds. The summed E-state index contributed by atoms with van der Waals surface area (Å²) in [6.07, 6.45) is 5.25. The summed E-state index contributed by atoms with van der Waals surface area (Å²) in [4.78, 5) is 15.4. The Balaban J connectivity index is 1.32. The Bertz CT molecular complexity index is 716.